The first-order chi connectivity index (χ1) is 9.16. The van der Waals surface area contributed by atoms with Gasteiger partial charge in [0.1, 0.15) is 4.70 Å². The Bertz CT molecular complexity index is 646. The summed E-state index contributed by atoms with van der Waals surface area (Å²) in [4.78, 5) is 13.9. The maximum Gasteiger partial charge on any atom is 0.493 e. The van der Waals surface area contributed by atoms with Crippen LogP contribution in [0.15, 0.2) is 20.7 Å². The van der Waals surface area contributed by atoms with Crippen molar-refractivity contribution in [3.05, 3.63) is 21.7 Å². The van der Waals surface area contributed by atoms with Gasteiger partial charge in [0.05, 0.1) is 13.2 Å². The fraction of sp³-hybridized carbons (Fsp3) is 0.364. The molecule has 3 heterocycles. The van der Waals surface area contributed by atoms with Crippen molar-refractivity contribution in [1.29, 1.82) is 0 Å². The average molecular weight is 281 g/mol. The lowest BCUT2D eigenvalue weighted by Crippen LogP contribution is -2.36. The minimum Gasteiger partial charge on any atom is -0.440 e. The second-order valence-corrected chi connectivity index (χ2v) is 5.15. The molecule has 2 N–H and O–H groups in total. The first-order valence-electron chi connectivity index (χ1n) is 5.91. The van der Waals surface area contributed by atoms with Gasteiger partial charge < -0.3 is 24.1 Å². The molecule has 1 fully saturated rings. The standard InChI is InChI=1S/C11H12BNO5S/c14-8-5-9(13-1-3-17-4-2-13)18-10-7(12(15)16)6-19-11(8)10/h5-6,15-16H,1-4H2. The molecule has 1 saturated heterocycles. The van der Waals surface area contributed by atoms with Crippen LogP contribution in [0.4, 0.5) is 5.88 Å². The van der Waals surface area contributed by atoms with Crippen LogP contribution in [-0.4, -0.2) is 43.5 Å². The lowest BCUT2D eigenvalue weighted by molar-refractivity contribution is 0.121. The number of thiophene rings is 1. The number of fused-ring (bicyclic) bond motifs is 1. The van der Waals surface area contributed by atoms with Gasteiger partial charge in [-0.2, -0.15) is 0 Å². The van der Waals surface area contributed by atoms with Gasteiger partial charge in [-0.05, 0) is 5.38 Å². The highest BCUT2D eigenvalue weighted by Gasteiger charge is 2.22. The van der Waals surface area contributed by atoms with Crippen LogP contribution in [0.1, 0.15) is 0 Å². The van der Waals surface area contributed by atoms with E-state index in [0.29, 0.717) is 36.9 Å². The Balaban J connectivity index is 2.11. The zero-order valence-electron chi connectivity index (χ0n) is 10.0. The number of rotatable bonds is 2. The molecule has 0 spiro atoms. The van der Waals surface area contributed by atoms with Crippen molar-refractivity contribution in [2.24, 2.45) is 0 Å². The molecule has 0 saturated carbocycles. The van der Waals surface area contributed by atoms with E-state index in [4.69, 9.17) is 9.15 Å². The highest BCUT2D eigenvalue weighted by atomic mass is 32.1. The second-order valence-electron chi connectivity index (χ2n) is 4.27. The quantitative estimate of drug-likeness (QED) is 0.713. The van der Waals surface area contributed by atoms with E-state index >= 15 is 0 Å². The maximum absolute atomic E-state index is 12.0. The van der Waals surface area contributed by atoms with E-state index in [2.05, 4.69) is 0 Å². The summed E-state index contributed by atoms with van der Waals surface area (Å²) < 4.78 is 11.3. The molecule has 1 aliphatic rings. The summed E-state index contributed by atoms with van der Waals surface area (Å²) in [5.41, 5.74) is 0.320. The summed E-state index contributed by atoms with van der Waals surface area (Å²) in [7, 11) is -1.64. The molecule has 19 heavy (non-hydrogen) atoms. The summed E-state index contributed by atoms with van der Waals surface area (Å²) in [6.45, 7) is 2.47. The fourth-order valence-electron chi connectivity index (χ4n) is 2.07. The number of anilines is 1. The first kappa shape index (κ1) is 12.7. The topological polar surface area (TPSA) is 83.1 Å². The van der Waals surface area contributed by atoms with E-state index in [1.54, 1.807) is 0 Å². The van der Waals surface area contributed by atoms with E-state index in [-0.39, 0.29) is 16.5 Å². The van der Waals surface area contributed by atoms with Gasteiger partial charge >= 0.3 is 7.12 Å². The number of ether oxygens (including phenoxy) is 1. The van der Waals surface area contributed by atoms with Crippen molar-refractivity contribution >= 4 is 40.1 Å². The molecule has 0 amide bonds. The van der Waals surface area contributed by atoms with Gasteiger partial charge in [-0.25, -0.2) is 0 Å². The highest BCUT2D eigenvalue weighted by molar-refractivity contribution is 7.18. The van der Waals surface area contributed by atoms with E-state index in [0.717, 1.165) is 11.3 Å². The van der Waals surface area contributed by atoms with Gasteiger partial charge in [0.25, 0.3) is 0 Å². The van der Waals surface area contributed by atoms with Gasteiger partial charge in [-0.15, -0.1) is 11.3 Å². The molecule has 0 radical (unpaired) electrons. The molecule has 0 unspecified atom stereocenters. The van der Waals surface area contributed by atoms with Crippen LogP contribution >= 0.6 is 11.3 Å². The van der Waals surface area contributed by atoms with Crippen LogP contribution in [0.3, 0.4) is 0 Å². The first-order valence-corrected chi connectivity index (χ1v) is 6.79. The van der Waals surface area contributed by atoms with Crippen LogP contribution in [-0.2, 0) is 4.74 Å². The third-order valence-electron chi connectivity index (χ3n) is 3.06. The largest absolute Gasteiger partial charge is 0.493 e. The molecule has 1 aliphatic heterocycles. The smallest absolute Gasteiger partial charge is 0.440 e. The normalized spacial score (nSPS) is 16.0. The molecule has 2 aromatic heterocycles. The molecule has 8 heteroatoms. The monoisotopic (exact) mass is 281 g/mol. The van der Waals surface area contributed by atoms with Crippen LogP contribution in [0, 0.1) is 0 Å². The molecule has 6 nitrogen and oxygen atoms in total. The zero-order chi connectivity index (χ0) is 13.4. The summed E-state index contributed by atoms with van der Waals surface area (Å²) in [6.07, 6.45) is 0. The van der Waals surface area contributed by atoms with Crippen LogP contribution < -0.4 is 15.8 Å². The van der Waals surface area contributed by atoms with Crippen molar-refractivity contribution in [2.45, 2.75) is 0 Å². The van der Waals surface area contributed by atoms with Crippen LogP contribution in [0.2, 0.25) is 0 Å². The Morgan fingerprint density at radius 3 is 2.74 bits per heavy atom. The molecule has 0 aliphatic carbocycles. The Hall–Kier alpha value is -1.35. The van der Waals surface area contributed by atoms with E-state index in [1.807, 2.05) is 4.90 Å². The molecular weight excluding hydrogens is 269 g/mol. The Morgan fingerprint density at radius 1 is 1.32 bits per heavy atom. The predicted molar refractivity (Wildman–Crippen MR) is 73.2 cm³/mol. The lowest BCUT2D eigenvalue weighted by Gasteiger charge is -2.27. The third kappa shape index (κ3) is 2.27. The highest BCUT2D eigenvalue weighted by Crippen LogP contribution is 2.22. The van der Waals surface area contributed by atoms with E-state index in [9.17, 15) is 14.8 Å². The number of morpholine rings is 1. The van der Waals surface area contributed by atoms with Crippen molar-refractivity contribution in [3.8, 4) is 0 Å². The summed E-state index contributed by atoms with van der Waals surface area (Å²) in [6, 6.07) is 1.44. The maximum atomic E-state index is 12.0. The Morgan fingerprint density at radius 2 is 2.05 bits per heavy atom. The molecule has 0 bridgehead atoms. The van der Waals surface area contributed by atoms with Gasteiger partial charge in [0.2, 0.25) is 5.43 Å². The Kier molecular flexibility index (Phi) is 3.32. The fourth-order valence-corrected chi connectivity index (χ4v) is 2.98. The zero-order valence-corrected chi connectivity index (χ0v) is 10.9. The SMILES string of the molecule is O=c1cc(N2CCOCC2)oc2c(B(O)O)csc12. The van der Waals surface area contributed by atoms with Gasteiger partial charge in [0, 0.05) is 24.6 Å². The predicted octanol–water partition coefficient (Wildman–Crippen LogP) is -0.629. The molecule has 0 atom stereocenters. The second kappa shape index (κ2) is 4.97. The van der Waals surface area contributed by atoms with Crippen LogP contribution in [0.5, 0.6) is 0 Å². The summed E-state index contributed by atoms with van der Waals surface area (Å²) >= 11 is 1.15. The van der Waals surface area contributed by atoms with Crippen LogP contribution in [0.25, 0.3) is 10.3 Å². The number of hydrogen-bond donors (Lipinski definition) is 2. The Labute approximate surface area is 113 Å². The summed E-state index contributed by atoms with van der Waals surface area (Å²) in [5.74, 6) is 0.445. The third-order valence-corrected chi connectivity index (χ3v) is 4.05. The molecule has 100 valence electrons. The molecule has 2 aromatic rings. The van der Waals surface area contributed by atoms with Gasteiger partial charge in [-0.3, -0.25) is 4.79 Å². The minimum absolute atomic E-state index is 0.167. The van der Waals surface area contributed by atoms with Crippen molar-refractivity contribution < 1.29 is 19.2 Å². The molecule has 3 rings (SSSR count). The minimum atomic E-state index is -1.64. The number of hydrogen-bond acceptors (Lipinski definition) is 7. The lowest BCUT2D eigenvalue weighted by atomic mass is 9.82. The average Bonchev–Trinajstić information content (AvgIpc) is 2.84. The van der Waals surface area contributed by atoms with Gasteiger partial charge in [0.15, 0.2) is 11.5 Å². The summed E-state index contributed by atoms with van der Waals surface area (Å²) in [5, 5.41) is 20.1. The van der Waals surface area contributed by atoms with Gasteiger partial charge in [-0.1, -0.05) is 0 Å². The van der Waals surface area contributed by atoms with E-state index < -0.39 is 7.12 Å². The van der Waals surface area contributed by atoms with Crippen molar-refractivity contribution in [3.63, 3.8) is 0 Å². The van der Waals surface area contributed by atoms with Crippen molar-refractivity contribution in [1.82, 2.24) is 0 Å². The van der Waals surface area contributed by atoms with E-state index in [1.165, 1.54) is 11.4 Å². The van der Waals surface area contributed by atoms with Crippen molar-refractivity contribution in [2.75, 3.05) is 31.2 Å². The molecule has 0 aromatic carbocycles. The number of nitrogens with zero attached hydrogens (tertiary/aromatic N) is 1. The molecular formula is C11H12BNO5S.